The summed E-state index contributed by atoms with van der Waals surface area (Å²) in [5, 5.41) is 0. The van der Waals surface area contributed by atoms with Crippen LogP contribution in [0.4, 0.5) is 13.2 Å². The smallest absolute Gasteiger partial charge is 0.308 e. The average Bonchev–Trinajstić information content (AvgIpc) is 2.28. The third-order valence-corrected chi connectivity index (χ3v) is 4.82. The SMILES string of the molecule is CCOP(=O)(OCC)C(c1ccccc1)C(F)(F)F. The molecule has 19 heavy (non-hydrogen) atoms. The molecule has 1 aromatic carbocycles. The predicted molar refractivity (Wildman–Crippen MR) is 66.1 cm³/mol. The Balaban J connectivity index is 3.27. The highest BCUT2D eigenvalue weighted by Crippen LogP contribution is 2.66. The topological polar surface area (TPSA) is 35.5 Å². The van der Waals surface area contributed by atoms with Crippen molar-refractivity contribution in [1.82, 2.24) is 0 Å². The number of alkyl halides is 3. The van der Waals surface area contributed by atoms with Gasteiger partial charge in [0.1, 0.15) is 0 Å². The Hall–Kier alpha value is -0.840. The van der Waals surface area contributed by atoms with Crippen LogP contribution in [0.3, 0.4) is 0 Å². The lowest BCUT2D eigenvalue weighted by atomic mass is 10.1. The molecule has 0 saturated carbocycles. The number of halogens is 3. The van der Waals surface area contributed by atoms with Gasteiger partial charge in [0, 0.05) is 0 Å². The van der Waals surface area contributed by atoms with Crippen molar-refractivity contribution in [2.75, 3.05) is 13.2 Å². The molecule has 0 heterocycles. The molecular weight excluding hydrogens is 280 g/mol. The van der Waals surface area contributed by atoms with Gasteiger partial charge in [0.15, 0.2) is 5.66 Å². The zero-order chi connectivity index (χ0) is 14.5. The lowest BCUT2D eigenvalue weighted by Gasteiger charge is -2.28. The van der Waals surface area contributed by atoms with E-state index in [1.807, 2.05) is 0 Å². The van der Waals surface area contributed by atoms with Gasteiger partial charge in [-0.2, -0.15) is 13.2 Å². The molecule has 0 fully saturated rings. The molecule has 7 heteroatoms. The molecule has 0 bridgehead atoms. The maximum absolute atomic E-state index is 13.2. The van der Waals surface area contributed by atoms with Gasteiger partial charge >= 0.3 is 13.8 Å². The normalized spacial score (nSPS) is 14.4. The summed E-state index contributed by atoms with van der Waals surface area (Å²) in [5.41, 5.74) is -2.39. The Kier molecular flexibility index (Phi) is 5.59. The minimum Gasteiger partial charge on any atom is -0.308 e. The summed E-state index contributed by atoms with van der Waals surface area (Å²) in [5.74, 6) is 0. The Morgan fingerprint density at radius 1 is 1.11 bits per heavy atom. The fourth-order valence-corrected chi connectivity index (χ4v) is 3.72. The van der Waals surface area contributed by atoms with E-state index < -0.39 is 19.4 Å². The standard InChI is InChI=1S/C12H16F3O3P/c1-3-17-19(16,18-4-2)11(12(13,14)15)10-8-6-5-7-9-10/h5-9,11H,3-4H2,1-2H3. The van der Waals surface area contributed by atoms with Crippen LogP contribution in [0.2, 0.25) is 0 Å². The monoisotopic (exact) mass is 296 g/mol. The van der Waals surface area contributed by atoms with E-state index in [4.69, 9.17) is 9.05 Å². The first-order chi connectivity index (χ1) is 8.85. The average molecular weight is 296 g/mol. The first-order valence-electron chi connectivity index (χ1n) is 5.85. The molecule has 3 nitrogen and oxygen atoms in total. The lowest BCUT2D eigenvalue weighted by molar-refractivity contribution is -0.136. The molecule has 1 aromatic rings. The first-order valence-corrected chi connectivity index (χ1v) is 7.46. The Bertz CT molecular complexity index is 424. The minimum absolute atomic E-state index is 0.114. The van der Waals surface area contributed by atoms with Crippen LogP contribution in [0.5, 0.6) is 0 Å². The van der Waals surface area contributed by atoms with Crippen LogP contribution in [0.1, 0.15) is 25.1 Å². The molecule has 0 N–H and O–H groups in total. The zero-order valence-electron chi connectivity index (χ0n) is 10.7. The van der Waals surface area contributed by atoms with Gasteiger partial charge in [0.2, 0.25) is 0 Å². The summed E-state index contributed by atoms with van der Waals surface area (Å²) in [6.07, 6.45) is -4.71. The molecule has 1 rings (SSSR count). The van der Waals surface area contributed by atoms with Crippen LogP contribution in [0, 0.1) is 0 Å². The molecule has 1 atom stereocenters. The van der Waals surface area contributed by atoms with Gasteiger partial charge in [0.25, 0.3) is 0 Å². The Morgan fingerprint density at radius 3 is 1.95 bits per heavy atom. The molecule has 0 radical (unpaired) electrons. The van der Waals surface area contributed by atoms with Crippen LogP contribution in [-0.2, 0) is 13.6 Å². The maximum atomic E-state index is 13.2. The second-order valence-corrected chi connectivity index (χ2v) is 5.84. The van der Waals surface area contributed by atoms with E-state index in [1.165, 1.54) is 38.1 Å². The first kappa shape index (κ1) is 16.2. The lowest BCUT2D eigenvalue weighted by Crippen LogP contribution is -2.23. The predicted octanol–water partition coefficient (Wildman–Crippen LogP) is 4.56. The molecular formula is C12H16F3O3P. The van der Waals surface area contributed by atoms with E-state index in [9.17, 15) is 17.7 Å². The molecule has 0 aliphatic carbocycles. The highest BCUT2D eigenvalue weighted by Gasteiger charge is 2.54. The fraction of sp³-hybridized carbons (Fsp3) is 0.500. The zero-order valence-corrected chi connectivity index (χ0v) is 11.6. The Labute approximate surface area is 110 Å². The van der Waals surface area contributed by atoms with Gasteiger partial charge in [0.05, 0.1) is 13.2 Å². The van der Waals surface area contributed by atoms with Crippen molar-refractivity contribution in [2.45, 2.75) is 25.7 Å². The number of rotatable bonds is 6. The van der Waals surface area contributed by atoms with Gasteiger partial charge in [-0.25, -0.2) is 0 Å². The van der Waals surface area contributed by atoms with E-state index >= 15 is 0 Å². The maximum Gasteiger partial charge on any atom is 0.407 e. The van der Waals surface area contributed by atoms with Crippen LogP contribution in [0.15, 0.2) is 30.3 Å². The highest BCUT2D eigenvalue weighted by atomic mass is 31.2. The fourth-order valence-electron chi connectivity index (χ4n) is 1.73. The molecule has 0 amide bonds. The summed E-state index contributed by atoms with van der Waals surface area (Å²) >= 11 is 0. The van der Waals surface area contributed by atoms with Gasteiger partial charge in [-0.05, 0) is 19.4 Å². The third kappa shape index (κ3) is 4.06. The van der Waals surface area contributed by atoms with Crippen molar-refractivity contribution < 1.29 is 26.8 Å². The highest BCUT2D eigenvalue weighted by molar-refractivity contribution is 7.54. The summed E-state index contributed by atoms with van der Waals surface area (Å²) in [4.78, 5) is 0. The Morgan fingerprint density at radius 2 is 1.58 bits per heavy atom. The second kappa shape index (κ2) is 6.55. The van der Waals surface area contributed by atoms with Gasteiger partial charge in [-0.15, -0.1) is 0 Å². The summed E-state index contributed by atoms with van der Waals surface area (Å²) in [6, 6.07) is 7.03. The largest absolute Gasteiger partial charge is 0.407 e. The minimum atomic E-state index is -4.71. The van der Waals surface area contributed by atoms with Gasteiger partial charge < -0.3 is 9.05 Å². The van der Waals surface area contributed by atoms with Crippen molar-refractivity contribution in [2.24, 2.45) is 0 Å². The van der Waals surface area contributed by atoms with Gasteiger partial charge in [-0.3, -0.25) is 4.57 Å². The van der Waals surface area contributed by atoms with Crippen molar-refractivity contribution in [3.63, 3.8) is 0 Å². The van der Waals surface area contributed by atoms with E-state index in [1.54, 1.807) is 6.07 Å². The van der Waals surface area contributed by atoms with E-state index in [-0.39, 0.29) is 18.8 Å². The molecule has 0 spiro atoms. The quantitative estimate of drug-likeness (QED) is 0.722. The van der Waals surface area contributed by atoms with Crippen molar-refractivity contribution in [1.29, 1.82) is 0 Å². The second-order valence-electron chi connectivity index (χ2n) is 3.73. The van der Waals surface area contributed by atoms with Crippen LogP contribution in [0.25, 0.3) is 0 Å². The number of hydrogen-bond donors (Lipinski definition) is 0. The van der Waals surface area contributed by atoms with Crippen molar-refractivity contribution >= 4 is 7.60 Å². The number of benzene rings is 1. The van der Waals surface area contributed by atoms with E-state index in [0.29, 0.717) is 0 Å². The van der Waals surface area contributed by atoms with E-state index in [2.05, 4.69) is 0 Å². The summed E-state index contributed by atoms with van der Waals surface area (Å²) < 4.78 is 61.7. The molecule has 0 saturated heterocycles. The molecule has 0 aromatic heterocycles. The molecule has 108 valence electrons. The molecule has 0 aliphatic rings. The molecule has 1 unspecified atom stereocenters. The summed E-state index contributed by atoms with van der Waals surface area (Å²) in [7, 11) is -4.30. The summed E-state index contributed by atoms with van der Waals surface area (Å²) in [6.45, 7) is 2.72. The van der Waals surface area contributed by atoms with E-state index in [0.717, 1.165) is 0 Å². The molecule has 0 aliphatic heterocycles. The van der Waals surface area contributed by atoms with Crippen LogP contribution >= 0.6 is 7.60 Å². The van der Waals surface area contributed by atoms with Crippen LogP contribution < -0.4 is 0 Å². The van der Waals surface area contributed by atoms with Crippen molar-refractivity contribution in [3.05, 3.63) is 35.9 Å². The van der Waals surface area contributed by atoms with Crippen molar-refractivity contribution in [3.8, 4) is 0 Å². The number of hydrogen-bond acceptors (Lipinski definition) is 3. The third-order valence-electron chi connectivity index (χ3n) is 2.36. The van der Waals surface area contributed by atoms with Crippen LogP contribution in [-0.4, -0.2) is 19.4 Å². The van der Waals surface area contributed by atoms with Gasteiger partial charge in [-0.1, -0.05) is 30.3 Å².